The van der Waals surface area contributed by atoms with Gasteiger partial charge in [0.1, 0.15) is 0 Å². The zero-order chi connectivity index (χ0) is 11.1. The molecule has 4 heteroatoms. The van der Waals surface area contributed by atoms with E-state index in [9.17, 15) is 0 Å². The van der Waals surface area contributed by atoms with Crippen LogP contribution in [0.5, 0.6) is 23.0 Å². The van der Waals surface area contributed by atoms with Gasteiger partial charge in [0, 0.05) is 0 Å². The van der Waals surface area contributed by atoms with E-state index in [0.717, 1.165) is 20.4 Å². The van der Waals surface area contributed by atoms with E-state index in [0.29, 0.717) is 11.5 Å². The Balaban J connectivity index is 2.17. The van der Waals surface area contributed by atoms with E-state index >= 15 is 0 Å². The van der Waals surface area contributed by atoms with Gasteiger partial charge in [-0.3, -0.25) is 0 Å². The third kappa shape index (κ3) is 1.53. The Bertz CT molecular complexity index is 517. The minimum atomic E-state index is 0.710. The van der Waals surface area contributed by atoms with Crippen LogP contribution < -0.4 is 9.47 Å². The molecule has 80 valence electrons. The van der Waals surface area contributed by atoms with Crippen LogP contribution in [0.1, 0.15) is 0 Å². The van der Waals surface area contributed by atoms with Crippen LogP contribution in [-0.4, -0.2) is 0 Å². The fourth-order valence-electron chi connectivity index (χ4n) is 1.56. The van der Waals surface area contributed by atoms with Gasteiger partial charge >= 0.3 is 0 Å². The van der Waals surface area contributed by atoms with Crippen molar-refractivity contribution in [2.24, 2.45) is 0 Å². The Hall–Kier alpha value is -1.00. The molecule has 0 saturated carbocycles. The average Bonchev–Trinajstić information content (AvgIpc) is 2.28. The lowest BCUT2D eigenvalue weighted by Crippen LogP contribution is -1.99. The van der Waals surface area contributed by atoms with Crippen molar-refractivity contribution in [3.8, 4) is 23.0 Å². The zero-order valence-electron chi connectivity index (χ0n) is 8.04. The number of halogens is 2. The summed E-state index contributed by atoms with van der Waals surface area (Å²) in [4.78, 5) is 0. The smallest absolute Gasteiger partial charge is 0.184 e. The molecule has 2 aromatic carbocycles. The summed E-state index contributed by atoms with van der Waals surface area (Å²) >= 11 is 6.88. The number of para-hydroxylation sites is 2. The highest BCUT2D eigenvalue weighted by atomic mass is 79.9. The second kappa shape index (κ2) is 3.79. The third-order valence-corrected chi connectivity index (χ3v) is 3.53. The van der Waals surface area contributed by atoms with Gasteiger partial charge in [0.25, 0.3) is 0 Å². The van der Waals surface area contributed by atoms with Crippen LogP contribution in [0.3, 0.4) is 0 Å². The Morgan fingerprint density at radius 3 is 1.69 bits per heavy atom. The van der Waals surface area contributed by atoms with Crippen molar-refractivity contribution >= 4 is 31.9 Å². The van der Waals surface area contributed by atoms with Crippen LogP contribution in [0.2, 0.25) is 0 Å². The second-order valence-electron chi connectivity index (χ2n) is 3.34. The molecule has 0 atom stereocenters. The zero-order valence-corrected chi connectivity index (χ0v) is 11.2. The van der Waals surface area contributed by atoms with Crippen molar-refractivity contribution in [2.45, 2.75) is 0 Å². The van der Waals surface area contributed by atoms with Crippen LogP contribution in [0.15, 0.2) is 45.3 Å². The topological polar surface area (TPSA) is 18.5 Å². The summed E-state index contributed by atoms with van der Waals surface area (Å²) in [6.07, 6.45) is 0. The highest BCUT2D eigenvalue weighted by Crippen LogP contribution is 2.50. The fraction of sp³-hybridized carbons (Fsp3) is 0. The second-order valence-corrected chi connectivity index (χ2v) is 5.05. The summed E-state index contributed by atoms with van der Waals surface area (Å²) in [6, 6.07) is 11.4. The predicted molar refractivity (Wildman–Crippen MR) is 68.4 cm³/mol. The van der Waals surface area contributed by atoms with Gasteiger partial charge in [0.05, 0.1) is 8.95 Å². The molecule has 0 aliphatic carbocycles. The van der Waals surface area contributed by atoms with Crippen LogP contribution in [0, 0.1) is 0 Å². The van der Waals surface area contributed by atoms with Gasteiger partial charge in [-0.25, -0.2) is 0 Å². The van der Waals surface area contributed by atoms with E-state index in [4.69, 9.17) is 9.47 Å². The van der Waals surface area contributed by atoms with Gasteiger partial charge in [-0.1, -0.05) is 12.1 Å². The van der Waals surface area contributed by atoms with Crippen LogP contribution in [0.4, 0.5) is 0 Å². The quantitative estimate of drug-likeness (QED) is 0.565. The first-order valence-corrected chi connectivity index (χ1v) is 6.27. The molecule has 2 aromatic rings. The van der Waals surface area contributed by atoms with E-state index in [1.807, 2.05) is 36.4 Å². The van der Waals surface area contributed by atoms with Gasteiger partial charge in [-0.15, -0.1) is 0 Å². The van der Waals surface area contributed by atoms with Crippen molar-refractivity contribution in [3.05, 3.63) is 45.3 Å². The van der Waals surface area contributed by atoms with Crippen molar-refractivity contribution in [1.82, 2.24) is 0 Å². The van der Waals surface area contributed by atoms with Gasteiger partial charge < -0.3 is 9.47 Å². The summed E-state index contributed by atoms with van der Waals surface area (Å²) in [5.41, 5.74) is 0. The standard InChI is InChI=1S/C12H6Br2O2/c13-7-3-1-5-9-11(7)16-12-8(14)4-2-6-10(12)15-9/h1-6H. The molecule has 0 aromatic heterocycles. The molecule has 0 N–H and O–H groups in total. The normalized spacial score (nSPS) is 12.1. The summed E-state index contributed by atoms with van der Waals surface area (Å²) in [5.74, 6) is 2.86. The number of ether oxygens (including phenoxy) is 2. The number of hydrogen-bond acceptors (Lipinski definition) is 2. The molecule has 0 amide bonds. The summed E-state index contributed by atoms with van der Waals surface area (Å²) in [5, 5.41) is 0. The van der Waals surface area contributed by atoms with E-state index in [-0.39, 0.29) is 0 Å². The van der Waals surface area contributed by atoms with Gasteiger partial charge in [0.2, 0.25) is 0 Å². The van der Waals surface area contributed by atoms with Gasteiger partial charge in [-0.2, -0.15) is 0 Å². The molecule has 0 spiro atoms. The Kier molecular flexibility index (Phi) is 2.41. The molecule has 0 fully saturated rings. The van der Waals surface area contributed by atoms with E-state index in [2.05, 4.69) is 31.9 Å². The Labute approximate surface area is 109 Å². The largest absolute Gasteiger partial charge is 0.449 e. The lowest BCUT2D eigenvalue weighted by Gasteiger charge is -2.22. The van der Waals surface area contributed by atoms with Crippen LogP contribution in [0.25, 0.3) is 0 Å². The molecular formula is C12H6Br2O2. The Morgan fingerprint density at radius 1 is 0.688 bits per heavy atom. The minimum Gasteiger partial charge on any atom is -0.449 e. The highest BCUT2D eigenvalue weighted by molar-refractivity contribution is 9.11. The molecule has 16 heavy (non-hydrogen) atoms. The van der Waals surface area contributed by atoms with Gasteiger partial charge in [-0.05, 0) is 56.1 Å². The molecule has 1 aliphatic rings. The molecule has 1 heterocycles. The van der Waals surface area contributed by atoms with Crippen molar-refractivity contribution in [1.29, 1.82) is 0 Å². The van der Waals surface area contributed by atoms with E-state index < -0.39 is 0 Å². The fourth-order valence-corrected chi connectivity index (χ4v) is 2.42. The first kappa shape index (κ1) is 10.2. The summed E-state index contributed by atoms with van der Waals surface area (Å²) in [7, 11) is 0. The van der Waals surface area contributed by atoms with Crippen molar-refractivity contribution < 1.29 is 9.47 Å². The number of benzene rings is 2. The summed E-state index contributed by atoms with van der Waals surface area (Å²) < 4.78 is 13.3. The third-order valence-electron chi connectivity index (χ3n) is 2.29. The summed E-state index contributed by atoms with van der Waals surface area (Å²) in [6.45, 7) is 0. The number of fused-ring (bicyclic) bond motifs is 2. The Morgan fingerprint density at radius 2 is 1.19 bits per heavy atom. The highest BCUT2D eigenvalue weighted by Gasteiger charge is 2.22. The molecule has 0 radical (unpaired) electrons. The molecule has 0 bridgehead atoms. The minimum absolute atomic E-state index is 0.710. The maximum absolute atomic E-state index is 5.82. The van der Waals surface area contributed by atoms with Gasteiger partial charge in [0.15, 0.2) is 23.0 Å². The number of rotatable bonds is 0. The molecule has 0 saturated heterocycles. The van der Waals surface area contributed by atoms with Crippen LogP contribution in [-0.2, 0) is 0 Å². The van der Waals surface area contributed by atoms with Crippen LogP contribution >= 0.6 is 31.9 Å². The van der Waals surface area contributed by atoms with E-state index in [1.165, 1.54) is 0 Å². The van der Waals surface area contributed by atoms with Crippen molar-refractivity contribution in [2.75, 3.05) is 0 Å². The first-order valence-electron chi connectivity index (χ1n) is 4.68. The SMILES string of the molecule is Brc1cccc2c1Oc1c(Br)cccc1O2. The molecule has 0 unspecified atom stereocenters. The average molecular weight is 342 g/mol. The maximum atomic E-state index is 5.82. The molecular weight excluding hydrogens is 336 g/mol. The number of hydrogen-bond donors (Lipinski definition) is 0. The maximum Gasteiger partial charge on any atom is 0.184 e. The first-order chi connectivity index (χ1) is 7.75. The predicted octanol–water partition coefficient (Wildman–Crippen LogP) is 5.11. The lowest BCUT2D eigenvalue weighted by atomic mass is 10.2. The monoisotopic (exact) mass is 340 g/mol. The van der Waals surface area contributed by atoms with Crippen molar-refractivity contribution in [3.63, 3.8) is 0 Å². The molecule has 2 nitrogen and oxygen atoms in total. The lowest BCUT2D eigenvalue weighted by molar-refractivity contribution is 0.356. The van der Waals surface area contributed by atoms with E-state index in [1.54, 1.807) is 0 Å². The molecule has 3 rings (SSSR count). The molecule has 1 aliphatic heterocycles.